The van der Waals surface area contributed by atoms with Gasteiger partial charge in [0.2, 0.25) is 0 Å². The predicted octanol–water partition coefficient (Wildman–Crippen LogP) is 0.454. The second kappa shape index (κ2) is 269. The van der Waals surface area contributed by atoms with Crippen molar-refractivity contribution in [1.29, 1.82) is 31.6 Å². The summed E-state index contributed by atoms with van der Waals surface area (Å²) in [4.78, 5) is 0. The van der Waals surface area contributed by atoms with E-state index in [1.165, 1.54) is 0 Å². The summed E-state index contributed by atoms with van der Waals surface area (Å²) in [6, 6.07) is 0. The molecule has 0 atom stereocenters. The molecule has 0 aromatic rings. The normalized spacial score (nSPS) is 1.20. The molecule has 0 saturated heterocycles. The van der Waals surface area contributed by atoms with Crippen LogP contribution in [0.3, 0.4) is 0 Å². The summed E-state index contributed by atoms with van der Waals surface area (Å²) in [5.74, 6) is 0. The summed E-state index contributed by atoms with van der Waals surface area (Å²) in [5.41, 5.74) is 0. The fourth-order valence-electron chi connectivity index (χ4n) is 0. The summed E-state index contributed by atoms with van der Waals surface area (Å²) in [7, 11) is 0. The molecule has 0 fully saturated rings. The zero-order valence-electron chi connectivity index (χ0n) is 6.76. The molecule has 0 N–H and O–H groups in total. The Morgan fingerprint density at radius 1 is 0.467 bits per heavy atom. The fraction of sp³-hybridized carbons (Fsp3) is 0. The number of nitrogens with zero attached hydrogens (tertiary/aromatic N) is 6. The molecular weight excluding hydrogens is 287 g/mol. The van der Waals surface area contributed by atoms with Crippen LogP contribution < -0.4 is 0 Å². The van der Waals surface area contributed by atoms with Gasteiger partial charge in [-0.15, -0.1) is 0 Å². The van der Waals surface area contributed by atoms with Gasteiger partial charge in [-0.3, -0.25) is 0 Å². The molecule has 0 heterocycles. The van der Waals surface area contributed by atoms with Gasteiger partial charge in [0, 0.05) is 0 Å². The molecule has 7 nitrogen and oxygen atoms in total. The molecule has 0 aliphatic heterocycles. The van der Waals surface area contributed by atoms with Crippen molar-refractivity contribution in [2.24, 2.45) is 0 Å². The van der Waals surface area contributed by atoms with Crippen LogP contribution in [0.25, 0.3) is 0 Å². The summed E-state index contributed by atoms with van der Waals surface area (Å²) >= 11 is 2.62. The Morgan fingerprint density at radius 2 is 0.467 bits per heavy atom. The van der Waals surface area contributed by atoms with Crippen LogP contribution in [0.1, 0.15) is 0 Å². The molecule has 0 rings (SSSR count). The molecule has 0 aliphatic carbocycles. The molecule has 15 heavy (non-hydrogen) atoms. The molecule has 0 aromatic carbocycles. The molecule has 0 saturated carbocycles. The molecular formula is C6FeN6NiO-4. The van der Waals surface area contributed by atoms with Gasteiger partial charge in [-0.05, 0) is 0 Å². The topological polar surface area (TPSA) is 160 Å². The van der Waals surface area contributed by atoms with Crippen LogP contribution in [0.4, 0.5) is 0 Å². The Kier molecular flexibility index (Phi) is 1400. The first-order valence-corrected chi connectivity index (χ1v) is 1.87. The van der Waals surface area contributed by atoms with E-state index in [4.69, 9.17) is 74.9 Å². The molecule has 0 aromatic heterocycles. The van der Waals surface area contributed by atoms with Crippen LogP contribution in [-0.2, 0) is 36.4 Å². The first-order valence-electron chi connectivity index (χ1n) is 1.47. The maximum atomic E-state index is 7.88. The van der Waals surface area contributed by atoms with Gasteiger partial charge < -0.3 is 71.0 Å². The average Bonchev–Trinajstić information content (AvgIpc) is 2.45. The second-order valence-corrected chi connectivity index (χ2v) is 0. The van der Waals surface area contributed by atoms with Gasteiger partial charge in [0.25, 0.3) is 0 Å². The zero-order chi connectivity index (χ0) is 14.0. The van der Waals surface area contributed by atoms with E-state index in [2.05, 4.69) is 15.4 Å². The van der Waals surface area contributed by atoms with Crippen molar-refractivity contribution in [3.05, 3.63) is 39.4 Å². The van der Waals surface area contributed by atoms with Crippen molar-refractivity contribution >= 4 is 0 Å². The summed E-state index contributed by atoms with van der Waals surface area (Å²) < 4.78 is 7.88. The third kappa shape index (κ3) is 221. The molecule has 9 heteroatoms. The molecule has 0 unspecified atom stereocenters. The van der Waals surface area contributed by atoms with Gasteiger partial charge in [0.15, 0.2) is 0 Å². The molecule has 0 aliphatic rings. The van der Waals surface area contributed by atoms with Gasteiger partial charge in [-0.1, -0.05) is 0 Å². The van der Waals surface area contributed by atoms with Crippen molar-refractivity contribution in [3.63, 3.8) is 0 Å². The van der Waals surface area contributed by atoms with E-state index in [1.54, 1.807) is 0 Å². The van der Waals surface area contributed by atoms with E-state index in [0.717, 1.165) is 0 Å². The number of hydrogen-bond donors (Lipinski definition) is 0. The van der Waals surface area contributed by atoms with Gasteiger partial charge in [0.05, 0.1) is 0 Å². The second-order valence-electron chi connectivity index (χ2n) is 0. The van der Waals surface area contributed by atoms with E-state index in [1.807, 2.05) is 0 Å². The van der Waals surface area contributed by atoms with Crippen LogP contribution in [0, 0.1) is 71.0 Å². The van der Waals surface area contributed by atoms with Crippen molar-refractivity contribution < 1.29 is 36.4 Å². The van der Waals surface area contributed by atoms with Crippen molar-refractivity contribution in [2.75, 3.05) is 0 Å². The average molecular weight is 287 g/mol. The van der Waals surface area contributed by atoms with Crippen LogP contribution in [0.2, 0.25) is 0 Å². The van der Waals surface area contributed by atoms with Crippen LogP contribution in [0.5, 0.6) is 0 Å². The number of rotatable bonds is 0. The van der Waals surface area contributed by atoms with Crippen LogP contribution >= 0.6 is 0 Å². The zero-order valence-corrected chi connectivity index (χ0v) is 8.85. The summed E-state index contributed by atoms with van der Waals surface area (Å²) in [5, 5.41) is 37.5. The Labute approximate surface area is 107 Å². The van der Waals surface area contributed by atoms with Crippen molar-refractivity contribution in [3.8, 4) is 0 Å². The molecule has 0 bridgehead atoms. The van der Waals surface area contributed by atoms with Gasteiger partial charge >= 0.3 is 36.4 Å². The van der Waals surface area contributed by atoms with E-state index in [9.17, 15) is 0 Å². The van der Waals surface area contributed by atoms with Crippen LogP contribution in [-0.4, -0.2) is 0 Å². The van der Waals surface area contributed by atoms with Crippen molar-refractivity contribution in [1.82, 2.24) is 0 Å². The predicted molar refractivity (Wildman–Crippen MR) is 30.5 cm³/mol. The Morgan fingerprint density at radius 3 is 0.467 bits per heavy atom. The van der Waals surface area contributed by atoms with E-state index in [0.29, 0.717) is 0 Å². The van der Waals surface area contributed by atoms with Gasteiger partial charge in [-0.2, -0.15) is 0 Å². The molecule has 0 radical (unpaired) electrons. The fourth-order valence-corrected chi connectivity index (χ4v) is 0. The summed E-state index contributed by atoms with van der Waals surface area (Å²) in [6.45, 7) is 28.5. The van der Waals surface area contributed by atoms with Gasteiger partial charge in [-0.25, -0.2) is 0 Å². The molecule has 0 amide bonds. The first-order chi connectivity index (χ1) is 7.00. The third-order valence-electron chi connectivity index (χ3n) is 0. The van der Waals surface area contributed by atoms with E-state index in [-0.39, 0.29) is 17.1 Å². The monoisotopic (exact) mass is 286 g/mol. The maximum absolute atomic E-state index is 7.88. The summed E-state index contributed by atoms with van der Waals surface area (Å²) in [6.07, 6.45) is 0. The van der Waals surface area contributed by atoms with E-state index < -0.39 is 0 Å². The minimum absolute atomic E-state index is 0. The SMILES string of the molecule is [C-]#N.[C-]#N.[C-]#N.[C-]#N.[C-]#N.[C-]#N.[Fe+2].[O]=[Ni]. The Bertz CT molecular complexity index is 114. The quantitative estimate of drug-likeness (QED) is 0.461. The van der Waals surface area contributed by atoms with E-state index >= 15 is 0 Å². The molecule has 0 spiro atoms. The van der Waals surface area contributed by atoms with Gasteiger partial charge in [0.1, 0.15) is 0 Å². The Balaban J connectivity index is -0.00000000628. The van der Waals surface area contributed by atoms with Crippen LogP contribution in [0.15, 0.2) is 0 Å². The third-order valence-corrected chi connectivity index (χ3v) is 0. The molecule has 82 valence electrons. The number of hydrogen-bond acceptors (Lipinski definition) is 7. The standard InChI is InChI=1S/6CN.Fe.Ni.O/c6*1-2;;;/q6*-1;+2;;. The first kappa shape index (κ1) is 78.0. The minimum atomic E-state index is 0. The Hall–Kier alpha value is -2.25. The van der Waals surface area contributed by atoms with Crippen molar-refractivity contribution in [2.45, 2.75) is 0 Å².